The smallest absolute Gasteiger partial charge is 0.0589 e. The van der Waals surface area contributed by atoms with Crippen molar-refractivity contribution in [2.75, 3.05) is 39.9 Å². The summed E-state index contributed by atoms with van der Waals surface area (Å²) in [5, 5.41) is 3.43. The van der Waals surface area contributed by atoms with E-state index in [-0.39, 0.29) is 0 Å². The van der Waals surface area contributed by atoms with Crippen molar-refractivity contribution in [2.45, 2.75) is 32.7 Å². The van der Waals surface area contributed by atoms with Crippen LogP contribution in [0.4, 0.5) is 0 Å². The number of methoxy groups -OCH3 is 1. The van der Waals surface area contributed by atoms with Gasteiger partial charge >= 0.3 is 0 Å². The molecule has 0 aliphatic rings. The largest absolute Gasteiger partial charge is 0.383 e. The van der Waals surface area contributed by atoms with Gasteiger partial charge in [0.25, 0.3) is 0 Å². The average molecular weight is 228 g/mol. The van der Waals surface area contributed by atoms with Gasteiger partial charge in [-0.25, -0.2) is 0 Å². The van der Waals surface area contributed by atoms with Crippen molar-refractivity contribution in [1.29, 1.82) is 0 Å². The van der Waals surface area contributed by atoms with E-state index in [1.807, 2.05) is 6.08 Å². The van der Waals surface area contributed by atoms with Crippen LogP contribution in [0.3, 0.4) is 0 Å². The fourth-order valence-electron chi connectivity index (χ4n) is 1.86. The molecule has 16 heavy (non-hydrogen) atoms. The second kappa shape index (κ2) is 11.1. The summed E-state index contributed by atoms with van der Waals surface area (Å²) in [6.45, 7) is 13.0. The van der Waals surface area contributed by atoms with Gasteiger partial charge in [0.2, 0.25) is 0 Å². The predicted molar refractivity (Wildman–Crippen MR) is 70.9 cm³/mol. The van der Waals surface area contributed by atoms with Gasteiger partial charge in [0.05, 0.1) is 6.61 Å². The zero-order valence-corrected chi connectivity index (χ0v) is 11.2. The zero-order valence-electron chi connectivity index (χ0n) is 11.2. The monoisotopic (exact) mass is 228 g/mol. The van der Waals surface area contributed by atoms with Crippen molar-refractivity contribution < 1.29 is 4.74 Å². The Hall–Kier alpha value is -0.380. The average Bonchev–Trinajstić information content (AvgIpc) is 2.30. The molecule has 0 fully saturated rings. The van der Waals surface area contributed by atoms with Gasteiger partial charge in [0, 0.05) is 32.8 Å². The minimum Gasteiger partial charge on any atom is -0.383 e. The molecule has 0 heterocycles. The second-order valence-electron chi connectivity index (χ2n) is 4.03. The summed E-state index contributed by atoms with van der Waals surface area (Å²) in [4.78, 5) is 2.45. The van der Waals surface area contributed by atoms with Crippen molar-refractivity contribution in [2.24, 2.45) is 0 Å². The first-order valence-electron chi connectivity index (χ1n) is 6.34. The highest BCUT2D eigenvalue weighted by Gasteiger charge is 2.15. The lowest BCUT2D eigenvalue weighted by molar-refractivity contribution is 0.123. The van der Waals surface area contributed by atoms with Crippen LogP contribution < -0.4 is 5.32 Å². The molecule has 0 aliphatic carbocycles. The molecule has 1 N–H and O–H groups in total. The fraction of sp³-hybridized carbons (Fsp3) is 0.846. The summed E-state index contributed by atoms with van der Waals surface area (Å²) in [6, 6.07) is 0.595. The van der Waals surface area contributed by atoms with Crippen LogP contribution in [0.1, 0.15) is 26.7 Å². The molecule has 3 heteroatoms. The van der Waals surface area contributed by atoms with Crippen LogP contribution in [0.25, 0.3) is 0 Å². The van der Waals surface area contributed by atoms with Gasteiger partial charge in [0.1, 0.15) is 0 Å². The van der Waals surface area contributed by atoms with Crippen LogP contribution in [-0.4, -0.2) is 50.8 Å². The molecule has 0 spiro atoms. The Balaban J connectivity index is 4.19. The SMILES string of the molecule is C=CCN(CCOC)C(CCC)CNCC. The summed E-state index contributed by atoms with van der Waals surface area (Å²) >= 11 is 0. The van der Waals surface area contributed by atoms with E-state index >= 15 is 0 Å². The zero-order chi connectivity index (χ0) is 12.2. The Morgan fingerprint density at radius 1 is 1.44 bits per heavy atom. The van der Waals surface area contributed by atoms with Gasteiger partial charge in [-0.3, -0.25) is 4.90 Å². The molecule has 0 saturated carbocycles. The highest BCUT2D eigenvalue weighted by atomic mass is 16.5. The molecule has 0 rings (SSSR count). The van der Waals surface area contributed by atoms with Gasteiger partial charge in [-0.15, -0.1) is 6.58 Å². The first kappa shape index (κ1) is 15.6. The maximum absolute atomic E-state index is 5.16. The maximum Gasteiger partial charge on any atom is 0.0589 e. The third kappa shape index (κ3) is 6.99. The van der Waals surface area contributed by atoms with Crippen LogP contribution in [-0.2, 0) is 4.74 Å². The van der Waals surface area contributed by atoms with E-state index < -0.39 is 0 Å². The lowest BCUT2D eigenvalue weighted by Gasteiger charge is -2.30. The summed E-state index contributed by atoms with van der Waals surface area (Å²) < 4.78 is 5.16. The van der Waals surface area contributed by atoms with Crippen molar-refractivity contribution >= 4 is 0 Å². The van der Waals surface area contributed by atoms with Crippen LogP contribution in [0.2, 0.25) is 0 Å². The molecular weight excluding hydrogens is 200 g/mol. The fourth-order valence-corrected chi connectivity index (χ4v) is 1.86. The van der Waals surface area contributed by atoms with E-state index in [2.05, 4.69) is 30.6 Å². The van der Waals surface area contributed by atoms with Gasteiger partial charge in [0.15, 0.2) is 0 Å². The molecular formula is C13H28N2O. The Morgan fingerprint density at radius 3 is 2.69 bits per heavy atom. The normalized spacial score (nSPS) is 13.0. The molecule has 0 radical (unpaired) electrons. The number of nitrogens with zero attached hydrogens (tertiary/aromatic N) is 1. The quantitative estimate of drug-likeness (QED) is 0.547. The van der Waals surface area contributed by atoms with Gasteiger partial charge in [-0.05, 0) is 13.0 Å². The first-order valence-corrected chi connectivity index (χ1v) is 6.34. The van der Waals surface area contributed by atoms with E-state index in [1.54, 1.807) is 7.11 Å². The number of hydrogen-bond donors (Lipinski definition) is 1. The number of likely N-dealkylation sites (N-methyl/N-ethyl adjacent to an activating group) is 1. The molecule has 0 aromatic rings. The van der Waals surface area contributed by atoms with E-state index in [0.717, 1.165) is 32.8 Å². The molecule has 0 aromatic carbocycles. The standard InChI is InChI=1S/C13H28N2O/c1-5-8-13(12-14-7-3)15(9-6-2)10-11-16-4/h6,13-14H,2,5,7-12H2,1,3-4H3. The molecule has 0 aromatic heterocycles. The third-order valence-electron chi connectivity index (χ3n) is 2.71. The predicted octanol–water partition coefficient (Wildman–Crippen LogP) is 1.90. The van der Waals surface area contributed by atoms with Crippen molar-refractivity contribution in [1.82, 2.24) is 10.2 Å². The Kier molecular flexibility index (Phi) is 10.9. The third-order valence-corrected chi connectivity index (χ3v) is 2.71. The van der Waals surface area contributed by atoms with Gasteiger partial charge in [-0.2, -0.15) is 0 Å². The first-order chi connectivity index (χ1) is 7.79. The molecule has 0 saturated heterocycles. The minimum atomic E-state index is 0.595. The molecule has 96 valence electrons. The highest BCUT2D eigenvalue weighted by molar-refractivity contribution is 4.80. The van der Waals surface area contributed by atoms with Crippen molar-refractivity contribution in [3.05, 3.63) is 12.7 Å². The van der Waals surface area contributed by atoms with E-state index in [0.29, 0.717) is 6.04 Å². The summed E-state index contributed by atoms with van der Waals surface area (Å²) in [7, 11) is 1.76. The minimum absolute atomic E-state index is 0.595. The Labute approximate surface area is 101 Å². The highest BCUT2D eigenvalue weighted by Crippen LogP contribution is 2.06. The Morgan fingerprint density at radius 2 is 2.19 bits per heavy atom. The lowest BCUT2D eigenvalue weighted by atomic mass is 10.1. The maximum atomic E-state index is 5.16. The Bertz CT molecular complexity index is 162. The van der Waals surface area contributed by atoms with Crippen LogP contribution in [0.5, 0.6) is 0 Å². The number of nitrogens with one attached hydrogen (secondary N) is 1. The molecule has 0 amide bonds. The number of hydrogen-bond acceptors (Lipinski definition) is 3. The van der Waals surface area contributed by atoms with E-state index in [4.69, 9.17) is 4.74 Å². The second-order valence-corrected chi connectivity index (χ2v) is 4.03. The topological polar surface area (TPSA) is 24.5 Å². The molecule has 0 aliphatic heterocycles. The van der Waals surface area contributed by atoms with Crippen LogP contribution in [0.15, 0.2) is 12.7 Å². The molecule has 3 nitrogen and oxygen atoms in total. The number of rotatable bonds is 11. The summed E-state index contributed by atoms with van der Waals surface area (Å²) in [6.07, 6.45) is 4.42. The summed E-state index contributed by atoms with van der Waals surface area (Å²) in [5.74, 6) is 0. The van der Waals surface area contributed by atoms with E-state index in [9.17, 15) is 0 Å². The summed E-state index contributed by atoms with van der Waals surface area (Å²) in [5.41, 5.74) is 0. The molecule has 0 bridgehead atoms. The van der Waals surface area contributed by atoms with Crippen LogP contribution >= 0.6 is 0 Å². The number of ether oxygens (including phenoxy) is 1. The molecule has 1 atom stereocenters. The van der Waals surface area contributed by atoms with Crippen LogP contribution in [0, 0.1) is 0 Å². The van der Waals surface area contributed by atoms with E-state index in [1.165, 1.54) is 12.8 Å². The van der Waals surface area contributed by atoms with Crippen molar-refractivity contribution in [3.63, 3.8) is 0 Å². The lowest BCUT2D eigenvalue weighted by Crippen LogP contribution is -2.44. The van der Waals surface area contributed by atoms with Crippen molar-refractivity contribution in [3.8, 4) is 0 Å². The van der Waals surface area contributed by atoms with Gasteiger partial charge in [-0.1, -0.05) is 26.3 Å². The molecule has 1 unspecified atom stereocenters. The van der Waals surface area contributed by atoms with Gasteiger partial charge < -0.3 is 10.1 Å².